The molecule has 2 atom stereocenters. The largest absolute Gasteiger partial charge is 0.497 e. The number of esters is 1. The molecule has 1 aliphatic carbocycles. The van der Waals surface area contributed by atoms with E-state index in [9.17, 15) is 4.79 Å². The fourth-order valence-electron chi connectivity index (χ4n) is 4.79. The molecule has 2 aromatic rings. The Morgan fingerprint density at radius 1 is 0.926 bits per heavy atom. The summed E-state index contributed by atoms with van der Waals surface area (Å²) in [7, 11) is 1.70. The average Bonchev–Trinajstić information content (AvgIpc) is 2.62. The maximum absolute atomic E-state index is 11.2. The molecule has 0 radical (unpaired) electrons. The second kappa shape index (κ2) is 7.38. The zero-order valence-electron chi connectivity index (χ0n) is 17.0. The van der Waals surface area contributed by atoms with Crippen molar-refractivity contribution in [3.63, 3.8) is 0 Å². The molecule has 1 aliphatic rings. The van der Waals surface area contributed by atoms with Crippen molar-refractivity contribution in [1.29, 1.82) is 0 Å². The number of carbonyl (C=O) groups is 1. The van der Waals surface area contributed by atoms with Crippen LogP contribution in [0.3, 0.4) is 0 Å². The third-order valence-electron chi connectivity index (χ3n) is 6.13. The van der Waals surface area contributed by atoms with Gasteiger partial charge in [-0.15, -0.1) is 0 Å². The highest BCUT2D eigenvalue weighted by Gasteiger charge is 2.46. The highest BCUT2D eigenvalue weighted by molar-refractivity contribution is 5.69. The van der Waals surface area contributed by atoms with Gasteiger partial charge in [-0.2, -0.15) is 0 Å². The summed E-state index contributed by atoms with van der Waals surface area (Å²) in [6, 6.07) is 16.6. The molecule has 2 aromatic carbocycles. The number of methoxy groups -OCH3 is 1. The van der Waals surface area contributed by atoms with Gasteiger partial charge in [0.2, 0.25) is 0 Å². The van der Waals surface area contributed by atoms with Crippen LogP contribution in [0.25, 0.3) is 0 Å². The van der Waals surface area contributed by atoms with E-state index in [0.717, 1.165) is 12.2 Å². The molecule has 0 saturated heterocycles. The van der Waals surface area contributed by atoms with Gasteiger partial charge in [-0.05, 0) is 66.0 Å². The van der Waals surface area contributed by atoms with Crippen LogP contribution in [0.1, 0.15) is 58.1 Å². The molecule has 1 saturated carbocycles. The molecule has 0 spiro atoms. The van der Waals surface area contributed by atoms with Crippen LogP contribution in [0.5, 0.6) is 11.5 Å². The van der Waals surface area contributed by atoms with E-state index in [4.69, 9.17) is 9.47 Å². The van der Waals surface area contributed by atoms with E-state index >= 15 is 0 Å². The smallest absolute Gasteiger partial charge is 0.308 e. The first-order valence-corrected chi connectivity index (χ1v) is 9.70. The lowest BCUT2D eigenvalue weighted by atomic mass is 9.54. The number of hydrogen-bond acceptors (Lipinski definition) is 3. The van der Waals surface area contributed by atoms with E-state index in [1.165, 1.54) is 30.9 Å². The third kappa shape index (κ3) is 3.87. The Kier molecular flexibility index (Phi) is 5.32. The quantitative estimate of drug-likeness (QED) is 0.510. The average molecular weight is 367 g/mol. The van der Waals surface area contributed by atoms with Crippen LogP contribution in [0.4, 0.5) is 0 Å². The zero-order valence-corrected chi connectivity index (χ0v) is 17.0. The molecular weight excluding hydrogens is 336 g/mol. The van der Waals surface area contributed by atoms with E-state index in [2.05, 4.69) is 57.2 Å². The molecule has 3 rings (SSSR count). The van der Waals surface area contributed by atoms with Crippen LogP contribution in [-0.4, -0.2) is 13.1 Å². The summed E-state index contributed by atoms with van der Waals surface area (Å²) < 4.78 is 10.6. The highest BCUT2D eigenvalue weighted by Crippen LogP contribution is 2.53. The summed E-state index contributed by atoms with van der Waals surface area (Å²) in [6.45, 7) is 8.53. The predicted molar refractivity (Wildman–Crippen MR) is 108 cm³/mol. The predicted octanol–water partition coefficient (Wildman–Crippen LogP) is 5.75. The maximum Gasteiger partial charge on any atom is 0.308 e. The standard InChI is InChI=1S/C24H30O3/c1-17-16-23(3,4)14-15-24(17,19-6-10-21(26-5)11-7-19)20-8-12-22(13-9-20)27-18(2)25/h6-13,17H,14-16H2,1-5H3. The molecule has 0 aliphatic heterocycles. The summed E-state index contributed by atoms with van der Waals surface area (Å²) in [6.07, 6.45) is 3.44. The first kappa shape index (κ1) is 19.5. The van der Waals surface area contributed by atoms with Gasteiger partial charge in [0.25, 0.3) is 0 Å². The summed E-state index contributed by atoms with van der Waals surface area (Å²) in [5.41, 5.74) is 2.92. The first-order chi connectivity index (χ1) is 12.8. The summed E-state index contributed by atoms with van der Waals surface area (Å²) >= 11 is 0. The van der Waals surface area contributed by atoms with Crippen molar-refractivity contribution in [2.45, 2.75) is 52.4 Å². The van der Waals surface area contributed by atoms with E-state index in [-0.39, 0.29) is 11.4 Å². The van der Waals surface area contributed by atoms with Gasteiger partial charge in [-0.1, -0.05) is 45.0 Å². The zero-order chi connectivity index (χ0) is 19.7. The van der Waals surface area contributed by atoms with E-state index in [1.54, 1.807) is 7.11 Å². The van der Waals surface area contributed by atoms with E-state index in [1.807, 2.05) is 12.1 Å². The molecule has 144 valence electrons. The molecule has 0 N–H and O–H groups in total. The fourth-order valence-corrected chi connectivity index (χ4v) is 4.79. The van der Waals surface area contributed by atoms with E-state index < -0.39 is 0 Å². The third-order valence-corrected chi connectivity index (χ3v) is 6.13. The Balaban J connectivity index is 2.06. The van der Waals surface area contributed by atoms with Gasteiger partial charge < -0.3 is 9.47 Å². The van der Waals surface area contributed by atoms with Crippen LogP contribution in [-0.2, 0) is 10.2 Å². The van der Waals surface area contributed by atoms with Gasteiger partial charge in [0.15, 0.2) is 0 Å². The van der Waals surface area contributed by atoms with Gasteiger partial charge in [0.1, 0.15) is 11.5 Å². The second-order valence-corrected chi connectivity index (χ2v) is 8.59. The van der Waals surface area contributed by atoms with Crippen molar-refractivity contribution in [3.05, 3.63) is 59.7 Å². The Morgan fingerprint density at radius 2 is 1.44 bits per heavy atom. The molecule has 1 fully saturated rings. The topological polar surface area (TPSA) is 35.5 Å². The van der Waals surface area contributed by atoms with Gasteiger partial charge in [-0.25, -0.2) is 0 Å². The number of hydrogen-bond donors (Lipinski definition) is 0. The van der Waals surface area contributed by atoms with Crippen molar-refractivity contribution >= 4 is 5.97 Å². The molecule has 27 heavy (non-hydrogen) atoms. The minimum absolute atomic E-state index is 0.0451. The lowest BCUT2D eigenvalue weighted by Crippen LogP contribution is -2.42. The highest BCUT2D eigenvalue weighted by atomic mass is 16.5. The molecular formula is C24H30O3. The van der Waals surface area contributed by atoms with Crippen LogP contribution < -0.4 is 9.47 Å². The van der Waals surface area contributed by atoms with E-state index in [0.29, 0.717) is 17.1 Å². The number of benzene rings is 2. The lowest BCUT2D eigenvalue weighted by molar-refractivity contribution is -0.131. The first-order valence-electron chi connectivity index (χ1n) is 9.70. The van der Waals surface area contributed by atoms with Gasteiger partial charge in [0.05, 0.1) is 7.11 Å². The normalized spacial score (nSPS) is 24.3. The van der Waals surface area contributed by atoms with Crippen LogP contribution in [0, 0.1) is 11.3 Å². The maximum atomic E-state index is 11.2. The minimum atomic E-state index is -0.291. The molecule has 3 nitrogen and oxygen atoms in total. The van der Waals surface area contributed by atoms with Crippen molar-refractivity contribution in [2.24, 2.45) is 11.3 Å². The summed E-state index contributed by atoms with van der Waals surface area (Å²) in [5.74, 6) is 1.68. The van der Waals surface area contributed by atoms with Crippen LogP contribution >= 0.6 is 0 Å². The molecule has 3 heteroatoms. The minimum Gasteiger partial charge on any atom is -0.497 e. The van der Waals surface area contributed by atoms with Crippen LogP contribution in [0.2, 0.25) is 0 Å². The van der Waals surface area contributed by atoms with Crippen LogP contribution in [0.15, 0.2) is 48.5 Å². The Hall–Kier alpha value is -2.29. The van der Waals surface area contributed by atoms with Gasteiger partial charge in [-0.3, -0.25) is 4.79 Å². The Morgan fingerprint density at radius 3 is 1.89 bits per heavy atom. The summed E-state index contributed by atoms with van der Waals surface area (Å²) in [4.78, 5) is 11.2. The van der Waals surface area contributed by atoms with Crippen molar-refractivity contribution in [1.82, 2.24) is 0 Å². The Labute approximate surface area is 162 Å². The van der Waals surface area contributed by atoms with Crippen molar-refractivity contribution < 1.29 is 14.3 Å². The van der Waals surface area contributed by atoms with Crippen molar-refractivity contribution in [3.8, 4) is 11.5 Å². The second-order valence-electron chi connectivity index (χ2n) is 8.59. The number of rotatable bonds is 4. The number of carbonyl (C=O) groups excluding carboxylic acids is 1. The lowest BCUT2D eigenvalue weighted by Gasteiger charge is -2.49. The van der Waals surface area contributed by atoms with Crippen molar-refractivity contribution in [2.75, 3.05) is 7.11 Å². The summed E-state index contributed by atoms with van der Waals surface area (Å²) in [5, 5.41) is 0. The SMILES string of the molecule is COc1ccc(C2(c3ccc(OC(C)=O)cc3)CCC(C)(C)CC2C)cc1. The van der Waals surface area contributed by atoms with Gasteiger partial charge >= 0.3 is 5.97 Å². The van der Waals surface area contributed by atoms with Gasteiger partial charge in [0, 0.05) is 12.3 Å². The monoisotopic (exact) mass is 366 g/mol. The molecule has 0 aromatic heterocycles. The molecule has 0 amide bonds. The molecule has 0 heterocycles. The number of ether oxygens (including phenoxy) is 2. The fraction of sp³-hybridized carbons (Fsp3) is 0.458. The molecule has 2 unspecified atom stereocenters. The Bertz CT molecular complexity index is 789. The molecule has 0 bridgehead atoms.